The average molecular weight is 426 g/mol. The van der Waals surface area contributed by atoms with Crippen molar-refractivity contribution in [2.75, 3.05) is 0 Å². The third-order valence-electron chi connectivity index (χ3n) is 3.36. The van der Waals surface area contributed by atoms with E-state index in [0.717, 1.165) is 14.7 Å². The van der Waals surface area contributed by atoms with Gasteiger partial charge in [0.2, 0.25) is 0 Å². The summed E-state index contributed by atoms with van der Waals surface area (Å²) in [4.78, 5) is 0.335. The SMILES string of the molecule is CC(C)(C)c1cccc(S(=O)(=O)C=Cc2ccccc2I)c1. The lowest BCUT2D eigenvalue weighted by Crippen LogP contribution is -2.11. The second kappa shape index (κ2) is 6.54. The van der Waals surface area contributed by atoms with E-state index in [1.54, 1.807) is 24.3 Å². The fraction of sp³-hybridized carbons (Fsp3) is 0.222. The van der Waals surface area contributed by atoms with Crippen LogP contribution in [0.2, 0.25) is 0 Å². The first-order chi connectivity index (χ1) is 10.2. The van der Waals surface area contributed by atoms with Crippen LogP contribution in [-0.2, 0) is 15.3 Å². The van der Waals surface area contributed by atoms with Crippen LogP contribution < -0.4 is 0 Å². The Labute approximate surface area is 146 Å². The third kappa shape index (κ3) is 4.20. The molecule has 0 heterocycles. The lowest BCUT2D eigenvalue weighted by molar-refractivity contribution is 0.585. The summed E-state index contributed by atoms with van der Waals surface area (Å²) in [6, 6.07) is 14.8. The van der Waals surface area contributed by atoms with E-state index in [1.807, 2.05) is 30.3 Å². The van der Waals surface area contributed by atoms with E-state index in [2.05, 4.69) is 43.4 Å². The van der Waals surface area contributed by atoms with Gasteiger partial charge in [-0.3, -0.25) is 0 Å². The van der Waals surface area contributed by atoms with Crippen molar-refractivity contribution in [2.45, 2.75) is 31.1 Å². The molecule has 2 aromatic rings. The Morgan fingerprint density at radius 3 is 2.32 bits per heavy atom. The van der Waals surface area contributed by atoms with E-state index < -0.39 is 9.84 Å². The highest BCUT2D eigenvalue weighted by Gasteiger charge is 2.17. The molecule has 0 aliphatic rings. The van der Waals surface area contributed by atoms with Crippen molar-refractivity contribution in [2.24, 2.45) is 0 Å². The molecule has 0 unspecified atom stereocenters. The molecule has 2 rings (SSSR count). The molecule has 0 bridgehead atoms. The number of hydrogen-bond donors (Lipinski definition) is 0. The molecule has 2 aromatic carbocycles. The molecule has 4 heteroatoms. The molecule has 22 heavy (non-hydrogen) atoms. The van der Waals surface area contributed by atoms with Crippen molar-refractivity contribution in [1.29, 1.82) is 0 Å². The Hall–Kier alpha value is -1.14. The standard InChI is InChI=1S/C18H19IO2S/c1-18(2,3)15-8-6-9-16(13-15)22(20,21)12-11-14-7-4-5-10-17(14)19/h4-13H,1-3H3. The molecule has 0 aliphatic heterocycles. The second-order valence-corrected chi connectivity index (χ2v) is 9.14. The molecule has 0 amide bonds. The Morgan fingerprint density at radius 1 is 1.00 bits per heavy atom. The Kier molecular flexibility index (Phi) is 5.12. The van der Waals surface area contributed by atoms with Crippen molar-refractivity contribution < 1.29 is 8.42 Å². The van der Waals surface area contributed by atoms with Gasteiger partial charge in [0.25, 0.3) is 0 Å². The van der Waals surface area contributed by atoms with Crippen LogP contribution in [-0.4, -0.2) is 8.42 Å². The van der Waals surface area contributed by atoms with Gasteiger partial charge < -0.3 is 0 Å². The molecule has 0 N–H and O–H groups in total. The third-order valence-corrected chi connectivity index (χ3v) is 5.75. The van der Waals surface area contributed by atoms with Crippen LogP contribution in [0.5, 0.6) is 0 Å². The molecule has 0 aromatic heterocycles. The Balaban J connectivity index is 2.38. The summed E-state index contributed by atoms with van der Waals surface area (Å²) in [6.45, 7) is 6.21. The zero-order valence-electron chi connectivity index (χ0n) is 12.9. The maximum absolute atomic E-state index is 12.5. The minimum Gasteiger partial charge on any atom is -0.219 e. The number of halogens is 1. The van der Waals surface area contributed by atoms with E-state index >= 15 is 0 Å². The zero-order valence-corrected chi connectivity index (χ0v) is 15.9. The molecule has 0 fully saturated rings. The Bertz CT molecular complexity index is 800. The molecule has 0 atom stereocenters. The van der Waals surface area contributed by atoms with E-state index in [-0.39, 0.29) is 5.41 Å². The van der Waals surface area contributed by atoms with Crippen LogP contribution in [0.1, 0.15) is 31.9 Å². The van der Waals surface area contributed by atoms with Gasteiger partial charge in [0.05, 0.1) is 4.90 Å². The minimum atomic E-state index is -3.44. The maximum Gasteiger partial charge on any atom is 0.199 e. The lowest BCUT2D eigenvalue weighted by Gasteiger charge is -2.19. The minimum absolute atomic E-state index is 0.0793. The monoisotopic (exact) mass is 426 g/mol. The number of benzene rings is 2. The van der Waals surface area contributed by atoms with Crippen LogP contribution in [0.15, 0.2) is 58.8 Å². The van der Waals surface area contributed by atoms with Crippen LogP contribution >= 0.6 is 22.6 Å². The molecule has 0 aliphatic carbocycles. The molecular weight excluding hydrogens is 407 g/mol. The van der Waals surface area contributed by atoms with Gasteiger partial charge >= 0.3 is 0 Å². The summed E-state index contributed by atoms with van der Waals surface area (Å²) in [5.74, 6) is 0. The molecule has 0 saturated carbocycles. The van der Waals surface area contributed by atoms with Crippen LogP contribution in [0, 0.1) is 3.57 Å². The fourth-order valence-corrected chi connectivity index (χ4v) is 3.60. The zero-order chi connectivity index (χ0) is 16.4. The summed E-state index contributed by atoms with van der Waals surface area (Å²) in [5, 5.41) is 1.28. The summed E-state index contributed by atoms with van der Waals surface area (Å²) >= 11 is 2.20. The molecule has 0 spiro atoms. The smallest absolute Gasteiger partial charge is 0.199 e. The first kappa shape index (κ1) is 17.2. The second-order valence-electron chi connectivity index (χ2n) is 6.15. The summed E-state index contributed by atoms with van der Waals surface area (Å²) in [7, 11) is -3.44. The quantitative estimate of drug-likeness (QED) is 0.645. The number of rotatable bonds is 3. The van der Waals surface area contributed by atoms with Crippen molar-refractivity contribution in [3.05, 3.63) is 68.6 Å². The fourth-order valence-electron chi connectivity index (χ4n) is 1.99. The number of hydrogen-bond acceptors (Lipinski definition) is 2. The van der Waals surface area contributed by atoms with Crippen molar-refractivity contribution >= 4 is 38.5 Å². The first-order valence-corrected chi connectivity index (χ1v) is 9.61. The normalized spacial score (nSPS) is 12.7. The van der Waals surface area contributed by atoms with Crippen molar-refractivity contribution in [3.63, 3.8) is 0 Å². The van der Waals surface area contributed by atoms with Gasteiger partial charge in [0, 0.05) is 8.98 Å². The van der Waals surface area contributed by atoms with E-state index in [9.17, 15) is 8.42 Å². The van der Waals surface area contributed by atoms with Crippen molar-refractivity contribution in [1.82, 2.24) is 0 Å². The van der Waals surface area contributed by atoms with Gasteiger partial charge in [-0.05, 0) is 63.4 Å². The van der Waals surface area contributed by atoms with Crippen LogP contribution in [0.4, 0.5) is 0 Å². The summed E-state index contributed by atoms with van der Waals surface area (Å²) in [6.07, 6.45) is 1.65. The van der Waals surface area contributed by atoms with Gasteiger partial charge in [-0.15, -0.1) is 0 Å². The van der Waals surface area contributed by atoms with Crippen LogP contribution in [0.3, 0.4) is 0 Å². The predicted octanol–water partition coefficient (Wildman–Crippen LogP) is 5.03. The highest BCUT2D eigenvalue weighted by molar-refractivity contribution is 14.1. The predicted molar refractivity (Wildman–Crippen MR) is 101 cm³/mol. The van der Waals surface area contributed by atoms with Crippen molar-refractivity contribution in [3.8, 4) is 0 Å². The van der Waals surface area contributed by atoms with Gasteiger partial charge in [0.15, 0.2) is 9.84 Å². The van der Waals surface area contributed by atoms with Gasteiger partial charge in [-0.1, -0.05) is 51.1 Å². The molecular formula is C18H19IO2S. The average Bonchev–Trinajstić information content (AvgIpc) is 2.46. The van der Waals surface area contributed by atoms with Gasteiger partial charge in [0.1, 0.15) is 0 Å². The Morgan fingerprint density at radius 2 is 1.68 bits per heavy atom. The molecule has 116 valence electrons. The first-order valence-electron chi connectivity index (χ1n) is 6.98. The van der Waals surface area contributed by atoms with Crippen LogP contribution in [0.25, 0.3) is 6.08 Å². The van der Waals surface area contributed by atoms with E-state index in [1.165, 1.54) is 5.41 Å². The van der Waals surface area contributed by atoms with E-state index in [0.29, 0.717) is 4.90 Å². The summed E-state index contributed by atoms with van der Waals surface area (Å²) in [5.41, 5.74) is 1.83. The highest BCUT2D eigenvalue weighted by atomic mass is 127. The number of sulfone groups is 1. The van der Waals surface area contributed by atoms with Gasteiger partial charge in [-0.25, -0.2) is 8.42 Å². The highest BCUT2D eigenvalue weighted by Crippen LogP contribution is 2.25. The van der Waals surface area contributed by atoms with E-state index in [4.69, 9.17) is 0 Å². The molecule has 0 saturated heterocycles. The molecule has 2 nitrogen and oxygen atoms in total. The lowest BCUT2D eigenvalue weighted by atomic mass is 9.87. The van der Waals surface area contributed by atoms with Gasteiger partial charge in [-0.2, -0.15) is 0 Å². The molecule has 0 radical (unpaired) electrons. The maximum atomic E-state index is 12.5. The largest absolute Gasteiger partial charge is 0.219 e. The topological polar surface area (TPSA) is 34.1 Å². The summed E-state index contributed by atoms with van der Waals surface area (Å²) < 4.78 is 26.0.